The molecule has 70 valence electrons. The molecule has 0 unspecified atom stereocenters. The van der Waals surface area contributed by atoms with Crippen LogP contribution in [-0.4, -0.2) is 35.1 Å². The number of fused-ring (bicyclic) bond motifs is 1. The molecule has 0 atom stereocenters. The maximum Gasteiger partial charge on any atom is 0.374 e. The molecule has 13 heavy (non-hydrogen) atoms. The molecule has 8 nitrogen and oxygen atoms in total. The van der Waals surface area contributed by atoms with Crippen LogP contribution in [0.1, 0.15) is 0 Å². The molecule has 0 aromatic heterocycles. The number of aliphatic imine (C=N–C) groups is 2. The van der Waals surface area contributed by atoms with E-state index in [9.17, 15) is 8.42 Å². The summed E-state index contributed by atoms with van der Waals surface area (Å²) in [5.74, 6) is 0.327. The van der Waals surface area contributed by atoms with Gasteiger partial charge in [0, 0.05) is 0 Å². The number of rotatable bonds is 1. The van der Waals surface area contributed by atoms with Gasteiger partial charge in [0.25, 0.3) is 0 Å². The summed E-state index contributed by atoms with van der Waals surface area (Å²) in [5, 5.41) is 1.24. The molecule has 2 aliphatic rings. The highest BCUT2D eigenvalue weighted by Gasteiger charge is 2.27. The lowest BCUT2D eigenvalue weighted by Gasteiger charge is -2.17. The number of nitrogens with one attached hydrogen (secondary N) is 1. The Morgan fingerprint density at radius 2 is 2.31 bits per heavy atom. The first-order chi connectivity index (χ1) is 6.07. The monoisotopic (exact) mass is 203 g/mol. The van der Waals surface area contributed by atoms with E-state index in [0.717, 1.165) is 6.20 Å². The molecule has 0 saturated heterocycles. The van der Waals surface area contributed by atoms with Gasteiger partial charge in [0.2, 0.25) is 0 Å². The van der Waals surface area contributed by atoms with E-state index in [0.29, 0.717) is 10.2 Å². The maximum absolute atomic E-state index is 10.6. The van der Waals surface area contributed by atoms with Crippen molar-refractivity contribution in [3.05, 3.63) is 12.0 Å². The van der Waals surface area contributed by atoms with Crippen molar-refractivity contribution in [1.29, 1.82) is 0 Å². The fourth-order valence-corrected chi connectivity index (χ4v) is 1.26. The average Bonchev–Trinajstić information content (AvgIpc) is 2.45. The Kier molecular flexibility index (Phi) is 1.58. The molecule has 0 radical (unpaired) electrons. The zero-order valence-electron chi connectivity index (χ0n) is 6.19. The van der Waals surface area contributed by atoms with Crippen LogP contribution in [0.15, 0.2) is 22.0 Å². The highest BCUT2D eigenvalue weighted by Crippen LogP contribution is 2.14. The summed E-state index contributed by atoms with van der Waals surface area (Å²) in [4.78, 5) is 7.38. The fraction of sp³-hybridized carbons (Fsp3) is 0. The lowest BCUT2D eigenvalue weighted by molar-refractivity contribution is 0.262. The summed E-state index contributed by atoms with van der Waals surface area (Å²) in [6.07, 6.45) is 3.71. The molecular weight excluding hydrogens is 198 g/mol. The topological polar surface area (TPSA) is 97.6 Å². The summed E-state index contributed by atoms with van der Waals surface area (Å²) in [7, 11) is -4.29. The number of nitrogens with zero attached hydrogens (tertiary/aromatic N) is 4. The largest absolute Gasteiger partial charge is 0.374 e. The zero-order valence-corrected chi connectivity index (χ0v) is 7.01. The highest BCUT2D eigenvalue weighted by atomic mass is 32.2. The molecule has 2 aliphatic heterocycles. The summed E-state index contributed by atoms with van der Waals surface area (Å²) < 4.78 is 30.4. The van der Waals surface area contributed by atoms with Crippen molar-refractivity contribution in [3.63, 3.8) is 0 Å². The van der Waals surface area contributed by atoms with Crippen LogP contribution >= 0.6 is 0 Å². The molecule has 2 heterocycles. The van der Waals surface area contributed by atoms with E-state index in [1.807, 2.05) is 0 Å². The predicted molar refractivity (Wildman–Crippen MR) is 43.4 cm³/mol. The zero-order chi connectivity index (χ0) is 9.47. The van der Waals surface area contributed by atoms with Crippen LogP contribution in [0.2, 0.25) is 0 Å². The van der Waals surface area contributed by atoms with E-state index in [4.69, 9.17) is 4.55 Å². The number of hydrazine groups is 2. The summed E-state index contributed by atoms with van der Waals surface area (Å²) in [6.45, 7) is 0. The van der Waals surface area contributed by atoms with E-state index in [-0.39, 0.29) is 0 Å². The first kappa shape index (κ1) is 8.16. The lowest BCUT2D eigenvalue weighted by Crippen LogP contribution is -2.42. The smallest absolute Gasteiger partial charge is 0.268 e. The van der Waals surface area contributed by atoms with Gasteiger partial charge in [0.1, 0.15) is 12.7 Å². The SMILES string of the molecule is O=S(=O)(O)N1C=C2N=CN=CN2N1. The predicted octanol–water partition coefficient (Wildman–Crippen LogP) is -1.30. The van der Waals surface area contributed by atoms with E-state index >= 15 is 0 Å². The molecule has 0 spiro atoms. The molecule has 0 amide bonds. The molecule has 0 aliphatic carbocycles. The first-order valence-electron chi connectivity index (χ1n) is 3.17. The van der Waals surface area contributed by atoms with E-state index in [2.05, 4.69) is 15.5 Å². The molecule has 0 saturated carbocycles. The Morgan fingerprint density at radius 1 is 1.54 bits per heavy atom. The summed E-state index contributed by atoms with van der Waals surface area (Å²) in [5.41, 5.74) is 2.31. The van der Waals surface area contributed by atoms with Crippen LogP contribution in [0, 0.1) is 0 Å². The third kappa shape index (κ3) is 1.39. The third-order valence-corrected chi connectivity index (χ3v) is 2.06. The van der Waals surface area contributed by atoms with Crippen LogP contribution in [0.5, 0.6) is 0 Å². The fourth-order valence-electron chi connectivity index (χ4n) is 0.841. The van der Waals surface area contributed by atoms with Crippen LogP contribution in [-0.2, 0) is 10.3 Å². The van der Waals surface area contributed by atoms with E-state index < -0.39 is 10.3 Å². The van der Waals surface area contributed by atoms with Gasteiger partial charge in [0.15, 0.2) is 5.82 Å². The number of hydrogen-bond donors (Lipinski definition) is 2. The Bertz CT molecular complexity index is 409. The minimum Gasteiger partial charge on any atom is -0.268 e. The minimum atomic E-state index is -4.29. The third-order valence-electron chi connectivity index (χ3n) is 1.37. The van der Waals surface area contributed by atoms with Gasteiger partial charge in [-0.25, -0.2) is 15.0 Å². The Balaban J connectivity index is 2.31. The van der Waals surface area contributed by atoms with Gasteiger partial charge < -0.3 is 0 Å². The average molecular weight is 203 g/mol. The second kappa shape index (κ2) is 2.52. The standard InChI is InChI=1S/C4H5N5O3S/c10-13(11,12)9-1-4-6-2-5-3-8(4)7-9/h1-3,7H,(H,10,11,12). The van der Waals surface area contributed by atoms with Gasteiger partial charge in [-0.15, -0.1) is 5.53 Å². The van der Waals surface area contributed by atoms with Crippen molar-refractivity contribution in [3.8, 4) is 0 Å². The molecular formula is C4H5N5O3S. The van der Waals surface area contributed by atoms with Gasteiger partial charge in [-0.1, -0.05) is 0 Å². The normalized spacial score (nSPS) is 20.5. The van der Waals surface area contributed by atoms with Crippen LogP contribution in [0.4, 0.5) is 0 Å². The molecule has 0 bridgehead atoms. The van der Waals surface area contributed by atoms with Crippen LogP contribution in [0.25, 0.3) is 0 Å². The van der Waals surface area contributed by atoms with Gasteiger partial charge in [-0.3, -0.25) is 4.55 Å². The molecule has 2 rings (SSSR count). The van der Waals surface area contributed by atoms with Crippen LogP contribution < -0.4 is 5.53 Å². The second-order valence-corrected chi connectivity index (χ2v) is 3.53. The molecule has 2 N–H and O–H groups in total. The lowest BCUT2D eigenvalue weighted by atomic mass is 10.7. The van der Waals surface area contributed by atoms with Crippen LogP contribution in [0.3, 0.4) is 0 Å². The van der Waals surface area contributed by atoms with E-state index in [1.54, 1.807) is 0 Å². The van der Waals surface area contributed by atoms with Crippen molar-refractivity contribution in [2.45, 2.75) is 0 Å². The highest BCUT2D eigenvalue weighted by molar-refractivity contribution is 7.83. The number of hydrogen-bond acceptors (Lipinski definition) is 6. The molecule has 0 aromatic rings. The van der Waals surface area contributed by atoms with E-state index in [1.165, 1.54) is 17.7 Å². The molecule has 9 heteroatoms. The van der Waals surface area contributed by atoms with Crippen molar-refractivity contribution < 1.29 is 13.0 Å². The quantitative estimate of drug-likeness (QED) is 0.516. The maximum atomic E-state index is 10.6. The van der Waals surface area contributed by atoms with Gasteiger partial charge >= 0.3 is 10.3 Å². The van der Waals surface area contributed by atoms with Gasteiger partial charge in [-0.05, 0) is 0 Å². The van der Waals surface area contributed by atoms with Gasteiger partial charge in [0.05, 0.1) is 6.20 Å². The first-order valence-corrected chi connectivity index (χ1v) is 4.57. The van der Waals surface area contributed by atoms with Crippen molar-refractivity contribution in [2.24, 2.45) is 9.98 Å². The Morgan fingerprint density at radius 3 is 2.92 bits per heavy atom. The Hall–Kier alpha value is -1.45. The molecule has 0 aromatic carbocycles. The van der Waals surface area contributed by atoms with Crippen molar-refractivity contribution >= 4 is 23.0 Å². The van der Waals surface area contributed by atoms with Crippen molar-refractivity contribution in [2.75, 3.05) is 0 Å². The summed E-state index contributed by atoms with van der Waals surface area (Å²) in [6, 6.07) is 0. The summed E-state index contributed by atoms with van der Waals surface area (Å²) >= 11 is 0. The minimum absolute atomic E-state index is 0.327. The molecule has 0 fully saturated rings. The van der Waals surface area contributed by atoms with Gasteiger partial charge in [-0.2, -0.15) is 12.8 Å². The van der Waals surface area contributed by atoms with Crippen molar-refractivity contribution in [1.82, 2.24) is 15.0 Å². The second-order valence-electron chi connectivity index (χ2n) is 2.24. The Labute approximate surface area is 73.7 Å².